The number of benzene rings is 1. The Morgan fingerprint density at radius 2 is 1.86 bits per heavy atom. The van der Waals surface area contributed by atoms with Gasteiger partial charge in [0, 0.05) is 0 Å². The molecule has 28 heavy (non-hydrogen) atoms. The summed E-state index contributed by atoms with van der Waals surface area (Å²) < 4.78 is 5.39. The molecule has 1 amide bonds. The number of morpholine rings is 1. The van der Waals surface area contributed by atoms with Gasteiger partial charge in [-0.05, 0) is 24.4 Å². The van der Waals surface area contributed by atoms with Crippen molar-refractivity contribution in [3.63, 3.8) is 0 Å². The summed E-state index contributed by atoms with van der Waals surface area (Å²) in [5.41, 5.74) is 0.667. The number of ether oxygens (including phenoxy) is 1. The molecule has 4 N–H and O–H groups in total. The summed E-state index contributed by atoms with van der Waals surface area (Å²) >= 11 is 11.6. The first-order chi connectivity index (χ1) is 13.6. The molecular weight excluding hydrogens is 398 g/mol. The van der Waals surface area contributed by atoms with Crippen LogP contribution in [0.2, 0.25) is 5.02 Å². The fourth-order valence-electron chi connectivity index (χ4n) is 3.55. The van der Waals surface area contributed by atoms with Crippen molar-refractivity contribution in [2.75, 3.05) is 77.4 Å². The molecule has 1 aromatic rings. The molecule has 0 aromatic heterocycles. The third kappa shape index (κ3) is 6.56. The molecule has 3 rings (SSSR count). The molecule has 0 spiro atoms. The molecule has 0 aliphatic carbocycles. The molecular formula is C19H30ClN5O2S+2. The summed E-state index contributed by atoms with van der Waals surface area (Å²) in [5.74, 6) is -0.00858. The van der Waals surface area contributed by atoms with Gasteiger partial charge in [-0.1, -0.05) is 23.7 Å². The Morgan fingerprint density at radius 3 is 2.57 bits per heavy atom. The standard InChI is InChI=1S/C19H28ClN5O2S/c20-16-3-1-2-4-17(16)22-18(26)15-24-7-9-25(10-8-24)19(28)21-5-6-23-11-13-27-14-12-23/h1-4H,5-15H2,(H,21,28)(H,22,26)/p+2. The van der Waals surface area contributed by atoms with Crippen LogP contribution in [0, 0.1) is 0 Å². The molecule has 2 heterocycles. The number of anilines is 1. The van der Waals surface area contributed by atoms with E-state index in [-0.39, 0.29) is 5.91 Å². The van der Waals surface area contributed by atoms with Gasteiger partial charge in [-0.25, -0.2) is 0 Å². The minimum Gasteiger partial charge on any atom is -0.370 e. The van der Waals surface area contributed by atoms with Crippen molar-refractivity contribution >= 4 is 40.5 Å². The maximum atomic E-state index is 12.3. The monoisotopic (exact) mass is 427 g/mol. The van der Waals surface area contributed by atoms with Gasteiger partial charge in [0.2, 0.25) is 0 Å². The normalized spacial score (nSPS) is 18.7. The average molecular weight is 428 g/mol. The number of hydrogen-bond donors (Lipinski definition) is 4. The van der Waals surface area contributed by atoms with Crippen LogP contribution in [0.5, 0.6) is 0 Å². The molecule has 0 saturated carbocycles. The molecule has 9 heteroatoms. The van der Waals surface area contributed by atoms with E-state index < -0.39 is 0 Å². The molecule has 2 saturated heterocycles. The molecule has 0 atom stereocenters. The average Bonchev–Trinajstić information content (AvgIpc) is 2.71. The number of hydrogen-bond acceptors (Lipinski definition) is 3. The predicted molar refractivity (Wildman–Crippen MR) is 114 cm³/mol. The van der Waals surface area contributed by atoms with Gasteiger partial charge in [0.15, 0.2) is 11.7 Å². The first-order valence-electron chi connectivity index (χ1n) is 9.94. The van der Waals surface area contributed by atoms with Crippen molar-refractivity contribution in [2.45, 2.75) is 0 Å². The zero-order valence-corrected chi connectivity index (χ0v) is 17.7. The van der Waals surface area contributed by atoms with Crippen molar-refractivity contribution in [1.82, 2.24) is 10.2 Å². The van der Waals surface area contributed by atoms with Crippen molar-refractivity contribution in [3.05, 3.63) is 29.3 Å². The van der Waals surface area contributed by atoms with Crippen LogP contribution >= 0.6 is 23.8 Å². The van der Waals surface area contributed by atoms with E-state index in [0.29, 0.717) is 17.3 Å². The number of nitrogens with zero attached hydrogens (tertiary/aromatic N) is 1. The molecule has 154 valence electrons. The van der Waals surface area contributed by atoms with Crippen molar-refractivity contribution < 1.29 is 19.3 Å². The summed E-state index contributed by atoms with van der Waals surface area (Å²) in [6.07, 6.45) is 0. The third-order valence-corrected chi connectivity index (χ3v) is 6.00. The van der Waals surface area contributed by atoms with Gasteiger partial charge in [-0.3, -0.25) is 4.79 Å². The molecule has 2 aliphatic rings. The lowest BCUT2D eigenvalue weighted by atomic mass is 10.3. The SMILES string of the molecule is O=C(C[NH+]1CCN(C(=S)NCC[NH+]2CCOCC2)CC1)Nc1ccccc1Cl. The van der Waals surface area contributed by atoms with Gasteiger partial charge < -0.3 is 30.1 Å². The molecule has 2 fully saturated rings. The van der Waals surface area contributed by atoms with Crippen LogP contribution in [0.15, 0.2) is 24.3 Å². The Bertz CT molecular complexity index is 663. The van der Waals surface area contributed by atoms with Gasteiger partial charge in [0.05, 0.1) is 63.2 Å². The van der Waals surface area contributed by atoms with Crippen LogP contribution in [-0.2, 0) is 9.53 Å². The maximum absolute atomic E-state index is 12.3. The van der Waals surface area contributed by atoms with E-state index in [1.54, 1.807) is 11.0 Å². The Morgan fingerprint density at radius 1 is 1.14 bits per heavy atom. The quantitative estimate of drug-likeness (QED) is 0.406. The van der Waals surface area contributed by atoms with Gasteiger partial charge >= 0.3 is 0 Å². The number of rotatable bonds is 6. The molecule has 7 nitrogen and oxygen atoms in total. The number of carbonyl (C=O) groups excluding carboxylic acids is 1. The zero-order valence-electron chi connectivity index (χ0n) is 16.1. The first-order valence-corrected chi connectivity index (χ1v) is 10.7. The second-order valence-electron chi connectivity index (χ2n) is 7.29. The number of nitrogens with one attached hydrogen (secondary N) is 4. The molecule has 0 radical (unpaired) electrons. The topological polar surface area (TPSA) is 62.5 Å². The minimum atomic E-state index is -0.00858. The first kappa shape index (κ1) is 21.3. The summed E-state index contributed by atoms with van der Waals surface area (Å²) in [4.78, 5) is 17.3. The lowest BCUT2D eigenvalue weighted by molar-refractivity contribution is -0.906. The lowest BCUT2D eigenvalue weighted by Gasteiger charge is -2.33. The van der Waals surface area contributed by atoms with E-state index in [1.165, 1.54) is 4.90 Å². The van der Waals surface area contributed by atoms with Gasteiger partial charge in [-0.15, -0.1) is 0 Å². The minimum absolute atomic E-state index is 0.00858. The van der Waals surface area contributed by atoms with Crippen molar-refractivity contribution in [3.8, 4) is 0 Å². The highest BCUT2D eigenvalue weighted by Crippen LogP contribution is 2.19. The highest BCUT2D eigenvalue weighted by molar-refractivity contribution is 7.80. The van der Waals surface area contributed by atoms with Crippen LogP contribution < -0.4 is 20.4 Å². The van der Waals surface area contributed by atoms with E-state index in [1.807, 2.05) is 18.2 Å². The summed E-state index contributed by atoms with van der Waals surface area (Å²) in [7, 11) is 0. The van der Waals surface area contributed by atoms with Crippen LogP contribution in [0.3, 0.4) is 0 Å². The third-order valence-electron chi connectivity index (χ3n) is 5.27. The predicted octanol–water partition coefficient (Wildman–Crippen LogP) is -1.73. The Balaban J connectivity index is 1.32. The largest absolute Gasteiger partial charge is 0.370 e. The van der Waals surface area contributed by atoms with Crippen LogP contribution in [0.4, 0.5) is 5.69 Å². The molecule has 0 bridgehead atoms. The highest BCUT2D eigenvalue weighted by atomic mass is 35.5. The number of halogens is 1. The lowest BCUT2D eigenvalue weighted by Crippen LogP contribution is -3.15. The van der Waals surface area contributed by atoms with Gasteiger partial charge in [0.1, 0.15) is 13.1 Å². The number of para-hydroxylation sites is 1. The Labute approximate surface area is 176 Å². The van der Waals surface area contributed by atoms with Crippen LogP contribution in [0.25, 0.3) is 0 Å². The molecule has 1 aromatic carbocycles. The molecule has 0 unspecified atom stereocenters. The highest BCUT2D eigenvalue weighted by Gasteiger charge is 2.24. The van der Waals surface area contributed by atoms with Gasteiger partial charge in [-0.2, -0.15) is 0 Å². The van der Waals surface area contributed by atoms with E-state index in [2.05, 4.69) is 15.5 Å². The van der Waals surface area contributed by atoms with E-state index in [9.17, 15) is 4.79 Å². The van der Waals surface area contributed by atoms with Crippen molar-refractivity contribution in [2.24, 2.45) is 0 Å². The Kier molecular flexibility index (Phi) is 8.29. The van der Waals surface area contributed by atoms with Crippen molar-refractivity contribution in [1.29, 1.82) is 0 Å². The maximum Gasteiger partial charge on any atom is 0.279 e. The number of carbonyl (C=O) groups is 1. The smallest absolute Gasteiger partial charge is 0.279 e. The zero-order chi connectivity index (χ0) is 19.8. The number of amides is 1. The summed E-state index contributed by atoms with van der Waals surface area (Å²) in [6.45, 7) is 9.79. The molecule has 2 aliphatic heterocycles. The fourth-order valence-corrected chi connectivity index (χ4v) is 4.02. The Hall–Kier alpha value is -1.45. The van der Waals surface area contributed by atoms with Gasteiger partial charge in [0.25, 0.3) is 5.91 Å². The van der Waals surface area contributed by atoms with Crippen LogP contribution in [-0.4, -0.2) is 88.0 Å². The summed E-state index contributed by atoms with van der Waals surface area (Å²) in [6, 6.07) is 7.30. The van der Waals surface area contributed by atoms with E-state index in [0.717, 1.165) is 70.7 Å². The fraction of sp³-hybridized carbons (Fsp3) is 0.579. The number of piperazine rings is 1. The van der Waals surface area contributed by atoms with E-state index in [4.69, 9.17) is 28.6 Å². The van der Waals surface area contributed by atoms with E-state index >= 15 is 0 Å². The van der Waals surface area contributed by atoms with Crippen LogP contribution in [0.1, 0.15) is 0 Å². The number of thiocarbonyl (C=S) groups is 1. The summed E-state index contributed by atoms with van der Waals surface area (Å²) in [5, 5.41) is 7.67. The second-order valence-corrected chi connectivity index (χ2v) is 8.08. The number of quaternary nitrogens is 2. The second kappa shape index (κ2) is 10.9.